The lowest BCUT2D eigenvalue weighted by Crippen LogP contribution is -2.41. The zero-order chi connectivity index (χ0) is 16.4. The van der Waals surface area contributed by atoms with E-state index in [-0.39, 0.29) is 28.9 Å². The second kappa shape index (κ2) is 6.60. The molecule has 2 amide bonds. The van der Waals surface area contributed by atoms with Crippen LogP contribution < -0.4 is 10.2 Å². The van der Waals surface area contributed by atoms with Crippen LogP contribution in [0.2, 0.25) is 5.02 Å². The molecule has 0 saturated heterocycles. The molecule has 0 aliphatic carbocycles. The number of nitrogens with zero attached hydrogens (tertiary/aromatic N) is 1. The number of nitrogens with one attached hydrogen (secondary N) is 1. The van der Waals surface area contributed by atoms with Crippen LogP contribution >= 0.6 is 23.4 Å². The number of carbonyl (C=O) groups excluding carboxylic acids is 2. The van der Waals surface area contributed by atoms with E-state index in [1.807, 2.05) is 18.2 Å². The summed E-state index contributed by atoms with van der Waals surface area (Å²) in [5.41, 5.74) is 0.729. The van der Waals surface area contributed by atoms with Gasteiger partial charge in [0.25, 0.3) is 0 Å². The fraction of sp³-hybridized carbons (Fsp3) is 0.125. The van der Waals surface area contributed by atoms with Crippen LogP contribution in [0, 0.1) is 5.82 Å². The molecule has 0 saturated carbocycles. The molecule has 0 fully saturated rings. The molecule has 0 spiro atoms. The number of fused-ring (bicyclic) bond motifs is 1. The van der Waals surface area contributed by atoms with Gasteiger partial charge in [-0.1, -0.05) is 23.7 Å². The van der Waals surface area contributed by atoms with Crippen molar-refractivity contribution < 1.29 is 14.0 Å². The molecule has 0 bridgehead atoms. The van der Waals surface area contributed by atoms with Crippen LogP contribution in [0.25, 0.3) is 0 Å². The fourth-order valence-corrected chi connectivity index (χ4v) is 3.35. The number of carbonyl (C=O) groups is 2. The highest BCUT2D eigenvalue weighted by Crippen LogP contribution is 2.34. The predicted octanol–water partition coefficient (Wildman–Crippen LogP) is 3.56. The number of anilines is 2. The number of rotatable bonds is 3. The Kier molecular flexibility index (Phi) is 4.54. The lowest BCUT2D eigenvalue weighted by molar-refractivity contribution is -0.120. The first-order valence-electron chi connectivity index (χ1n) is 6.81. The van der Waals surface area contributed by atoms with Gasteiger partial charge in [0.2, 0.25) is 11.8 Å². The highest BCUT2D eigenvalue weighted by Gasteiger charge is 2.26. The van der Waals surface area contributed by atoms with Gasteiger partial charge < -0.3 is 10.2 Å². The van der Waals surface area contributed by atoms with Gasteiger partial charge in [-0.25, -0.2) is 4.39 Å². The number of para-hydroxylation sites is 1. The lowest BCUT2D eigenvalue weighted by Gasteiger charge is -2.28. The lowest BCUT2D eigenvalue weighted by atomic mass is 10.2. The van der Waals surface area contributed by atoms with Gasteiger partial charge in [0, 0.05) is 9.92 Å². The van der Waals surface area contributed by atoms with Gasteiger partial charge in [0.1, 0.15) is 12.4 Å². The standard InChI is InChI=1S/C16H12ClFN2O2S/c17-10-5-6-12(11(18)7-10)19-15(21)8-20-13-3-1-2-4-14(13)23-9-16(20)22/h1-7H,8-9H2,(H,19,21). The Morgan fingerprint density at radius 2 is 2.09 bits per heavy atom. The number of amides is 2. The van der Waals surface area contributed by atoms with Crippen LogP contribution in [0.1, 0.15) is 0 Å². The van der Waals surface area contributed by atoms with Crippen LogP contribution in [0.5, 0.6) is 0 Å². The highest BCUT2D eigenvalue weighted by molar-refractivity contribution is 8.00. The van der Waals surface area contributed by atoms with E-state index < -0.39 is 11.7 Å². The molecular formula is C16H12ClFN2O2S. The summed E-state index contributed by atoms with van der Waals surface area (Å²) in [6.07, 6.45) is 0. The van der Waals surface area contributed by atoms with Gasteiger partial charge >= 0.3 is 0 Å². The smallest absolute Gasteiger partial charge is 0.244 e. The maximum absolute atomic E-state index is 13.7. The Bertz CT molecular complexity index is 784. The van der Waals surface area contributed by atoms with Gasteiger partial charge in [-0.05, 0) is 30.3 Å². The summed E-state index contributed by atoms with van der Waals surface area (Å²) >= 11 is 7.11. The summed E-state index contributed by atoms with van der Waals surface area (Å²) in [7, 11) is 0. The van der Waals surface area contributed by atoms with Crippen LogP contribution in [0.3, 0.4) is 0 Å². The molecule has 0 unspecified atom stereocenters. The average Bonchev–Trinajstić information content (AvgIpc) is 2.53. The van der Waals surface area contributed by atoms with Crippen molar-refractivity contribution in [1.29, 1.82) is 0 Å². The SMILES string of the molecule is O=C(CN1C(=O)CSc2ccccc21)Nc1ccc(Cl)cc1F. The first-order chi connectivity index (χ1) is 11.0. The maximum atomic E-state index is 13.7. The molecular weight excluding hydrogens is 339 g/mol. The molecule has 2 aromatic rings. The second-order valence-electron chi connectivity index (χ2n) is 4.91. The largest absolute Gasteiger partial charge is 0.322 e. The summed E-state index contributed by atoms with van der Waals surface area (Å²) in [6, 6.07) is 11.4. The number of benzene rings is 2. The normalized spacial score (nSPS) is 13.7. The predicted molar refractivity (Wildman–Crippen MR) is 89.6 cm³/mol. The Labute approximate surface area is 141 Å². The van der Waals surface area contributed by atoms with Crippen molar-refractivity contribution in [3.63, 3.8) is 0 Å². The molecule has 1 N–H and O–H groups in total. The van der Waals surface area contributed by atoms with Gasteiger partial charge in [-0.2, -0.15) is 0 Å². The van der Waals surface area contributed by atoms with Gasteiger partial charge in [-0.3, -0.25) is 9.59 Å². The number of thioether (sulfide) groups is 1. The highest BCUT2D eigenvalue weighted by atomic mass is 35.5. The Hall–Kier alpha value is -2.05. The van der Waals surface area contributed by atoms with Crippen LogP contribution in [-0.4, -0.2) is 24.1 Å². The molecule has 3 rings (SSSR count). The number of hydrogen-bond acceptors (Lipinski definition) is 3. The molecule has 4 nitrogen and oxygen atoms in total. The quantitative estimate of drug-likeness (QED) is 0.920. The molecule has 0 atom stereocenters. The van der Waals surface area contributed by atoms with Crippen LogP contribution in [-0.2, 0) is 9.59 Å². The molecule has 1 heterocycles. The molecule has 0 radical (unpaired) electrons. The van der Waals surface area contributed by atoms with Crippen molar-refractivity contribution in [2.75, 3.05) is 22.5 Å². The van der Waals surface area contributed by atoms with E-state index >= 15 is 0 Å². The summed E-state index contributed by atoms with van der Waals surface area (Å²) < 4.78 is 13.7. The van der Waals surface area contributed by atoms with Gasteiger partial charge in [-0.15, -0.1) is 11.8 Å². The average molecular weight is 351 g/mol. The van der Waals surface area contributed by atoms with Crippen molar-refractivity contribution in [2.45, 2.75) is 4.90 Å². The number of halogens is 2. The Balaban J connectivity index is 1.76. The minimum atomic E-state index is -0.619. The molecule has 1 aliphatic heterocycles. The summed E-state index contributed by atoms with van der Waals surface area (Å²) in [6.45, 7) is -0.168. The molecule has 7 heteroatoms. The third-order valence-electron chi connectivity index (χ3n) is 3.32. The van der Waals surface area contributed by atoms with Crippen LogP contribution in [0.15, 0.2) is 47.4 Å². The van der Waals surface area contributed by atoms with Crippen LogP contribution in [0.4, 0.5) is 15.8 Å². The van der Waals surface area contributed by atoms with E-state index in [1.54, 1.807) is 6.07 Å². The topological polar surface area (TPSA) is 49.4 Å². The van der Waals surface area contributed by atoms with Gasteiger partial charge in [0.05, 0.1) is 17.1 Å². The van der Waals surface area contributed by atoms with Crippen molar-refractivity contribution in [3.8, 4) is 0 Å². The van der Waals surface area contributed by atoms with Crippen molar-refractivity contribution in [3.05, 3.63) is 53.3 Å². The molecule has 23 heavy (non-hydrogen) atoms. The van der Waals surface area contributed by atoms with Crippen molar-refractivity contribution in [1.82, 2.24) is 0 Å². The first kappa shape index (κ1) is 15.8. The van der Waals surface area contributed by atoms with Gasteiger partial charge in [0.15, 0.2) is 0 Å². The zero-order valence-electron chi connectivity index (χ0n) is 11.9. The van der Waals surface area contributed by atoms with Crippen molar-refractivity contribution >= 4 is 46.6 Å². The molecule has 1 aliphatic rings. The summed E-state index contributed by atoms with van der Waals surface area (Å²) in [5, 5.41) is 2.71. The monoisotopic (exact) mass is 350 g/mol. The first-order valence-corrected chi connectivity index (χ1v) is 8.18. The third-order valence-corrected chi connectivity index (χ3v) is 4.60. The van der Waals surface area contributed by atoms with E-state index in [2.05, 4.69) is 5.32 Å². The second-order valence-corrected chi connectivity index (χ2v) is 6.36. The fourth-order valence-electron chi connectivity index (χ4n) is 2.25. The maximum Gasteiger partial charge on any atom is 0.244 e. The summed E-state index contributed by atoms with van der Waals surface area (Å²) in [5.74, 6) is -0.965. The van der Waals surface area contributed by atoms with E-state index in [1.165, 1.54) is 28.8 Å². The van der Waals surface area contributed by atoms with E-state index in [9.17, 15) is 14.0 Å². The van der Waals surface area contributed by atoms with Crippen molar-refractivity contribution in [2.24, 2.45) is 0 Å². The number of hydrogen-bond donors (Lipinski definition) is 1. The molecule has 0 aromatic heterocycles. The minimum absolute atomic E-state index is 0.0338. The Morgan fingerprint density at radius 3 is 2.87 bits per heavy atom. The Morgan fingerprint density at radius 1 is 1.30 bits per heavy atom. The van der Waals surface area contributed by atoms with E-state index in [4.69, 9.17) is 11.6 Å². The summed E-state index contributed by atoms with van der Waals surface area (Å²) in [4.78, 5) is 26.6. The third kappa shape index (κ3) is 3.48. The molecule has 2 aromatic carbocycles. The van der Waals surface area contributed by atoms with E-state index in [0.717, 1.165) is 11.0 Å². The minimum Gasteiger partial charge on any atom is -0.322 e. The molecule has 118 valence electrons. The van der Waals surface area contributed by atoms with E-state index in [0.29, 0.717) is 5.69 Å². The zero-order valence-corrected chi connectivity index (χ0v) is 13.5.